The number of hydrogen-bond acceptors (Lipinski definition) is 9. The lowest BCUT2D eigenvalue weighted by Gasteiger charge is -2.23. The highest BCUT2D eigenvalue weighted by Gasteiger charge is 2.63. The predicted octanol–water partition coefficient (Wildman–Crippen LogP) is 1.52. The molecule has 0 radical (unpaired) electrons. The van der Waals surface area contributed by atoms with Crippen molar-refractivity contribution in [2.75, 3.05) is 13.2 Å². The molecule has 1 unspecified atom stereocenters. The average Bonchev–Trinajstić information content (AvgIpc) is 2.65. The number of alkyl halides is 6. The third-order valence-electron chi connectivity index (χ3n) is 3.76. The Hall–Kier alpha value is -2.37. The van der Waals surface area contributed by atoms with E-state index in [1.807, 2.05) is 0 Å². The lowest BCUT2D eigenvalue weighted by atomic mass is 10.3. The summed E-state index contributed by atoms with van der Waals surface area (Å²) in [4.78, 5) is 34.4. The summed E-state index contributed by atoms with van der Waals surface area (Å²) in [5.74, 6) is -2.82. The predicted molar refractivity (Wildman–Crippen MR) is 102 cm³/mol. The molecule has 0 heterocycles. The van der Waals surface area contributed by atoms with Crippen LogP contribution >= 0.6 is 0 Å². The summed E-state index contributed by atoms with van der Waals surface area (Å²) in [6, 6.07) is 0. The molecule has 1 atom stereocenters. The molecule has 0 aromatic carbocycles. The maximum absolute atomic E-state index is 12.7. The number of sulfone groups is 2. The van der Waals surface area contributed by atoms with Gasteiger partial charge in [0, 0.05) is 18.4 Å². The highest BCUT2D eigenvalue weighted by atomic mass is 32.3. The van der Waals surface area contributed by atoms with E-state index >= 15 is 0 Å². The first-order valence-electron chi connectivity index (χ1n) is 9.03. The van der Waals surface area contributed by atoms with Crippen LogP contribution in [-0.2, 0) is 43.5 Å². The molecule has 1 N–H and O–H groups in total. The fraction of sp³-hybridized carbons (Fsp3) is 0.688. The molecule has 0 fully saturated rings. The van der Waals surface area contributed by atoms with E-state index < -0.39 is 78.5 Å². The van der Waals surface area contributed by atoms with Crippen LogP contribution in [0.15, 0.2) is 12.2 Å². The quantitative estimate of drug-likeness (QED) is 0.165. The maximum atomic E-state index is 12.7. The highest BCUT2D eigenvalue weighted by Crippen LogP contribution is 2.38. The third kappa shape index (κ3) is 9.11. The molecule has 1 amide bonds. The number of hydrogen-bond donors (Lipinski definition) is 1. The molecule has 0 aliphatic carbocycles. The third-order valence-corrected chi connectivity index (χ3v) is 8.34. The molecule has 34 heavy (non-hydrogen) atoms. The zero-order valence-corrected chi connectivity index (χ0v) is 19.3. The van der Waals surface area contributed by atoms with Gasteiger partial charge in [-0.1, -0.05) is 6.58 Å². The van der Waals surface area contributed by atoms with Crippen molar-refractivity contribution in [1.82, 2.24) is 5.32 Å². The van der Waals surface area contributed by atoms with E-state index in [0.29, 0.717) is 6.92 Å². The largest absolute Gasteiger partial charge is 0.498 e. The summed E-state index contributed by atoms with van der Waals surface area (Å²) in [5, 5.41) is 2.23. The van der Waals surface area contributed by atoms with Crippen molar-refractivity contribution in [2.24, 2.45) is 0 Å². The maximum Gasteiger partial charge on any atom is 0.498 e. The smallest absolute Gasteiger partial charge is 0.463 e. The SMILES string of the molecule is C=C(C)C(=O)OCCNC(=O)CCC(=O)OC(C)CC(S(=O)(=O)C(F)(F)F)S(=O)(=O)C(F)(F)F. The zero-order valence-electron chi connectivity index (χ0n) is 17.7. The molecule has 198 valence electrons. The van der Waals surface area contributed by atoms with Crippen molar-refractivity contribution < 1.29 is 67.0 Å². The van der Waals surface area contributed by atoms with E-state index in [4.69, 9.17) is 0 Å². The van der Waals surface area contributed by atoms with Gasteiger partial charge in [-0.3, -0.25) is 9.59 Å². The number of esters is 2. The fourth-order valence-electron chi connectivity index (χ4n) is 2.08. The highest BCUT2D eigenvalue weighted by molar-refractivity contribution is 8.09. The Kier molecular flexibility index (Phi) is 11.0. The van der Waals surface area contributed by atoms with Crippen molar-refractivity contribution in [3.05, 3.63) is 12.2 Å². The summed E-state index contributed by atoms with van der Waals surface area (Å²) >= 11 is 0. The number of ether oxygens (including phenoxy) is 2. The van der Waals surface area contributed by atoms with Gasteiger partial charge in [0.2, 0.25) is 5.91 Å². The zero-order chi connectivity index (χ0) is 27.1. The standard InChI is InChI=1S/C16H21F6NO9S2/c1-9(2)14(26)31-7-6-23-11(24)4-5-12(25)32-10(3)8-13(33(27,28)15(17,18)19)34(29,30)16(20,21)22/h10,13H,1,4-8H2,2-3H3,(H,23,24). The Balaban J connectivity index is 5.02. The molecular weight excluding hydrogens is 528 g/mol. The van der Waals surface area contributed by atoms with E-state index in [9.17, 15) is 57.6 Å². The van der Waals surface area contributed by atoms with E-state index in [-0.39, 0.29) is 18.7 Å². The fourth-order valence-corrected chi connectivity index (χ4v) is 5.72. The van der Waals surface area contributed by atoms with Crippen LogP contribution in [0.5, 0.6) is 0 Å². The minimum absolute atomic E-state index is 0.108. The van der Waals surface area contributed by atoms with Crippen molar-refractivity contribution in [1.29, 1.82) is 0 Å². The monoisotopic (exact) mass is 549 g/mol. The molecule has 0 saturated heterocycles. The van der Waals surface area contributed by atoms with Crippen LogP contribution in [-0.4, -0.2) is 69.5 Å². The Bertz CT molecular complexity index is 943. The van der Waals surface area contributed by atoms with Gasteiger partial charge in [0.1, 0.15) is 12.7 Å². The number of carbonyl (C=O) groups excluding carboxylic acids is 3. The summed E-state index contributed by atoms with van der Waals surface area (Å²) in [6.45, 7) is 4.99. The lowest BCUT2D eigenvalue weighted by molar-refractivity contribution is -0.149. The number of halogens is 6. The number of nitrogens with one attached hydrogen (secondary N) is 1. The first kappa shape index (κ1) is 31.6. The molecule has 0 aliphatic rings. The molecule has 0 aromatic heterocycles. The second-order valence-electron chi connectivity index (χ2n) is 6.71. The van der Waals surface area contributed by atoms with Crippen molar-refractivity contribution in [3.8, 4) is 0 Å². The van der Waals surface area contributed by atoms with Crippen molar-refractivity contribution >= 4 is 37.5 Å². The molecule has 0 spiro atoms. The first-order valence-corrected chi connectivity index (χ1v) is 12.1. The minimum Gasteiger partial charge on any atom is -0.463 e. The Morgan fingerprint density at radius 3 is 1.82 bits per heavy atom. The Labute approximate surface area is 190 Å². The summed E-state index contributed by atoms with van der Waals surface area (Å²) in [6.07, 6.45) is -5.18. The van der Waals surface area contributed by atoms with Crippen molar-refractivity contribution in [3.63, 3.8) is 0 Å². The summed E-state index contributed by atoms with van der Waals surface area (Å²) in [7, 11) is -13.7. The second kappa shape index (κ2) is 11.9. The average molecular weight is 549 g/mol. The topological polar surface area (TPSA) is 150 Å². The van der Waals surface area contributed by atoms with E-state index in [1.165, 1.54) is 6.92 Å². The Morgan fingerprint density at radius 2 is 1.41 bits per heavy atom. The van der Waals surface area contributed by atoms with Crippen LogP contribution in [0.25, 0.3) is 0 Å². The lowest BCUT2D eigenvalue weighted by Crippen LogP contribution is -2.46. The van der Waals surface area contributed by atoms with Crippen LogP contribution in [0.4, 0.5) is 26.3 Å². The molecule has 10 nitrogen and oxygen atoms in total. The van der Waals surface area contributed by atoms with Crippen LogP contribution < -0.4 is 5.32 Å². The molecule has 18 heteroatoms. The van der Waals surface area contributed by atoms with Crippen LogP contribution in [0, 0.1) is 0 Å². The van der Waals surface area contributed by atoms with Gasteiger partial charge in [-0.25, -0.2) is 21.6 Å². The van der Waals surface area contributed by atoms with Gasteiger partial charge in [0.15, 0.2) is 4.58 Å². The summed E-state index contributed by atoms with van der Waals surface area (Å²) < 4.78 is 127. The van der Waals surface area contributed by atoms with Gasteiger partial charge < -0.3 is 14.8 Å². The molecular formula is C16H21F6NO9S2. The normalized spacial score (nSPS) is 13.8. The van der Waals surface area contributed by atoms with Crippen molar-refractivity contribution in [2.45, 2.75) is 54.8 Å². The molecule has 0 aliphatic heterocycles. The number of rotatable bonds is 12. The van der Waals surface area contributed by atoms with E-state index in [0.717, 1.165) is 0 Å². The minimum atomic E-state index is -6.87. The molecule has 0 aromatic rings. The first-order chi connectivity index (χ1) is 15.1. The number of carbonyl (C=O) groups is 3. The number of amides is 1. The van der Waals surface area contributed by atoms with E-state index in [1.54, 1.807) is 0 Å². The van der Waals surface area contributed by atoms with Gasteiger partial charge in [-0.2, -0.15) is 26.3 Å². The van der Waals surface area contributed by atoms with Gasteiger partial charge in [0.05, 0.1) is 13.0 Å². The van der Waals surface area contributed by atoms with E-state index in [2.05, 4.69) is 21.4 Å². The second-order valence-corrected chi connectivity index (χ2v) is 11.3. The molecule has 0 rings (SSSR count). The Morgan fingerprint density at radius 1 is 0.941 bits per heavy atom. The van der Waals surface area contributed by atoms with Gasteiger partial charge in [0.25, 0.3) is 19.7 Å². The summed E-state index contributed by atoms with van der Waals surface area (Å²) in [5.41, 5.74) is -12.6. The van der Waals surface area contributed by atoms with Crippen LogP contribution in [0.1, 0.15) is 33.1 Å². The molecule has 0 bridgehead atoms. The van der Waals surface area contributed by atoms with Gasteiger partial charge >= 0.3 is 23.0 Å². The van der Waals surface area contributed by atoms with Crippen LogP contribution in [0.3, 0.4) is 0 Å². The molecule has 0 saturated carbocycles. The van der Waals surface area contributed by atoms with Gasteiger partial charge in [-0.05, 0) is 13.8 Å². The van der Waals surface area contributed by atoms with Gasteiger partial charge in [-0.15, -0.1) is 0 Å². The van der Waals surface area contributed by atoms with Crippen LogP contribution in [0.2, 0.25) is 0 Å².